The van der Waals surface area contributed by atoms with Gasteiger partial charge in [-0.1, -0.05) is 27.5 Å². The van der Waals surface area contributed by atoms with E-state index < -0.39 is 0 Å². The van der Waals surface area contributed by atoms with Gasteiger partial charge in [0.1, 0.15) is 5.82 Å². The van der Waals surface area contributed by atoms with Gasteiger partial charge >= 0.3 is 0 Å². The highest BCUT2D eigenvalue weighted by Gasteiger charge is 2.18. The molecule has 3 rings (SSSR count). The summed E-state index contributed by atoms with van der Waals surface area (Å²) in [7, 11) is 0. The van der Waals surface area contributed by atoms with Gasteiger partial charge in [0, 0.05) is 14.0 Å². The number of imidazole rings is 1. The molecular formula is C15H10Br2Cl2N2. The van der Waals surface area contributed by atoms with Gasteiger partial charge in [0.25, 0.3) is 0 Å². The third-order valence-electron chi connectivity index (χ3n) is 3.15. The predicted molar refractivity (Wildman–Crippen MR) is 95.7 cm³/mol. The molecule has 0 aliphatic rings. The molecule has 0 radical (unpaired) electrons. The van der Waals surface area contributed by atoms with E-state index in [4.69, 9.17) is 23.2 Å². The number of nitrogens with zero attached hydrogens (tertiary/aromatic N) is 2. The summed E-state index contributed by atoms with van der Waals surface area (Å²) in [5.41, 5.74) is 2.80. The Morgan fingerprint density at radius 1 is 1.14 bits per heavy atom. The fourth-order valence-electron chi connectivity index (χ4n) is 2.25. The second kappa shape index (κ2) is 5.92. The molecule has 2 nitrogen and oxygen atoms in total. The summed E-state index contributed by atoms with van der Waals surface area (Å²) in [5.74, 6) is 0.789. The Balaban J connectivity index is 2.36. The quantitative estimate of drug-likeness (QED) is 0.409. The van der Waals surface area contributed by atoms with Crippen LogP contribution in [0, 0.1) is 0 Å². The van der Waals surface area contributed by atoms with E-state index in [0.717, 1.165) is 31.5 Å². The van der Waals surface area contributed by atoms with Gasteiger partial charge in [0.05, 0.1) is 22.1 Å². The molecule has 0 saturated carbocycles. The maximum absolute atomic E-state index is 6.31. The van der Waals surface area contributed by atoms with Crippen molar-refractivity contribution < 1.29 is 0 Å². The van der Waals surface area contributed by atoms with E-state index in [2.05, 4.69) is 41.4 Å². The smallest absolute Gasteiger partial charge is 0.132 e. The van der Waals surface area contributed by atoms with Crippen LogP contribution in [0.2, 0.25) is 5.02 Å². The Labute approximate surface area is 149 Å². The van der Waals surface area contributed by atoms with Crippen molar-refractivity contribution in [3.8, 4) is 5.69 Å². The monoisotopic (exact) mass is 446 g/mol. The molecule has 0 N–H and O–H groups in total. The molecule has 0 spiro atoms. The summed E-state index contributed by atoms with van der Waals surface area (Å²) in [6, 6.07) is 11.7. The van der Waals surface area contributed by atoms with Crippen molar-refractivity contribution >= 4 is 66.1 Å². The molecule has 0 saturated heterocycles. The van der Waals surface area contributed by atoms with Crippen molar-refractivity contribution in [2.75, 3.05) is 0 Å². The van der Waals surface area contributed by atoms with Crippen LogP contribution in [0.25, 0.3) is 16.7 Å². The van der Waals surface area contributed by atoms with Gasteiger partial charge in [-0.05, 0) is 59.3 Å². The highest BCUT2D eigenvalue weighted by molar-refractivity contribution is 9.11. The SMILES string of the molecule is CC(Cl)c1nc2cc(Cl)ccc2n1-c1ccc(Br)cc1Br. The van der Waals surface area contributed by atoms with Crippen molar-refractivity contribution in [2.24, 2.45) is 0 Å². The predicted octanol–water partition coefficient (Wildman–Crippen LogP) is 6.50. The summed E-state index contributed by atoms with van der Waals surface area (Å²) < 4.78 is 4.02. The number of rotatable bonds is 2. The second-order valence-corrected chi connectivity index (χ2v) is 7.51. The first-order valence-electron chi connectivity index (χ1n) is 6.25. The molecule has 1 atom stereocenters. The molecule has 108 valence electrons. The average molecular weight is 449 g/mol. The Bertz CT molecular complexity index is 828. The molecule has 1 unspecified atom stereocenters. The number of hydrogen-bond donors (Lipinski definition) is 0. The third-order valence-corrected chi connectivity index (χ3v) is 4.71. The first-order chi connectivity index (χ1) is 9.97. The summed E-state index contributed by atoms with van der Waals surface area (Å²) in [6.45, 7) is 1.91. The molecule has 0 bridgehead atoms. The highest BCUT2D eigenvalue weighted by atomic mass is 79.9. The maximum atomic E-state index is 6.31. The maximum Gasteiger partial charge on any atom is 0.132 e. The largest absolute Gasteiger partial charge is 0.294 e. The Morgan fingerprint density at radius 2 is 1.90 bits per heavy atom. The van der Waals surface area contributed by atoms with E-state index in [1.165, 1.54) is 0 Å². The van der Waals surface area contributed by atoms with Crippen LogP contribution >= 0.6 is 55.1 Å². The molecule has 0 amide bonds. The van der Waals surface area contributed by atoms with E-state index in [1.807, 2.05) is 43.3 Å². The first kappa shape index (κ1) is 15.3. The standard InChI is InChI=1S/C15H10Br2Cl2N2/c1-8(18)15-20-12-7-10(19)3-5-14(12)21(15)13-4-2-9(16)6-11(13)17/h2-8H,1H3. The van der Waals surface area contributed by atoms with Crippen molar-refractivity contribution in [2.45, 2.75) is 12.3 Å². The Morgan fingerprint density at radius 3 is 2.57 bits per heavy atom. The summed E-state index contributed by atoms with van der Waals surface area (Å²) >= 11 is 19.4. The van der Waals surface area contributed by atoms with Gasteiger partial charge in [-0.15, -0.1) is 11.6 Å². The molecule has 0 aliphatic carbocycles. The highest BCUT2D eigenvalue weighted by Crippen LogP contribution is 2.33. The van der Waals surface area contributed by atoms with E-state index in [1.54, 1.807) is 0 Å². The van der Waals surface area contributed by atoms with Gasteiger partial charge in [0.15, 0.2) is 0 Å². The lowest BCUT2D eigenvalue weighted by atomic mass is 10.2. The van der Waals surface area contributed by atoms with Crippen molar-refractivity contribution in [3.05, 3.63) is 56.2 Å². The molecule has 0 aliphatic heterocycles. The van der Waals surface area contributed by atoms with E-state index in [-0.39, 0.29) is 5.38 Å². The van der Waals surface area contributed by atoms with Crippen LogP contribution < -0.4 is 0 Å². The van der Waals surface area contributed by atoms with Gasteiger partial charge in [-0.3, -0.25) is 4.57 Å². The van der Waals surface area contributed by atoms with Crippen LogP contribution in [-0.4, -0.2) is 9.55 Å². The van der Waals surface area contributed by atoms with Crippen LogP contribution in [-0.2, 0) is 0 Å². The Kier molecular flexibility index (Phi) is 4.33. The molecular weight excluding hydrogens is 439 g/mol. The lowest BCUT2D eigenvalue weighted by Gasteiger charge is -2.12. The van der Waals surface area contributed by atoms with Gasteiger partial charge in [-0.25, -0.2) is 4.98 Å². The number of aromatic nitrogens is 2. The zero-order chi connectivity index (χ0) is 15.1. The Hall–Kier alpha value is -0.550. The van der Waals surface area contributed by atoms with Gasteiger partial charge < -0.3 is 0 Å². The van der Waals surface area contributed by atoms with Crippen LogP contribution in [0.3, 0.4) is 0 Å². The molecule has 3 aromatic rings. The normalized spacial score (nSPS) is 12.8. The molecule has 6 heteroatoms. The van der Waals surface area contributed by atoms with Crippen molar-refractivity contribution in [1.82, 2.24) is 9.55 Å². The fraction of sp³-hybridized carbons (Fsp3) is 0.133. The summed E-state index contributed by atoms with van der Waals surface area (Å²) in [6.07, 6.45) is 0. The average Bonchev–Trinajstić information content (AvgIpc) is 2.77. The molecule has 0 fully saturated rings. The van der Waals surface area contributed by atoms with E-state index in [0.29, 0.717) is 5.02 Å². The molecule has 1 aromatic heterocycles. The van der Waals surface area contributed by atoms with Crippen molar-refractivity contribution in [3.63, 3.8) is 0 Å². The van der Waals surface area contributed by atoms with Crippen molar-refractivity contribution in [1.29, 1.82) is 0 Å². The third kappa shape index (κ3) is 2.87. The summed E-state index contributed by atoms with van der Waals surface area (Å²) in [4.78, 5) is 4.63. The van der Waals surface area contributed by atoms with E-state index >= 15 is 0 Å². The molecule has 21 heavy (non-hydrogen) atoms. The zero-order valence-corrected chi connectivity index (χ0v) is 15.6. The minimum absolute atomic E-state index is 0.216. The summed E-state index contributed by atoms with van der Waals surface area (Å²) in [5, 5.41) is 0.447. The number of alkyl halides is 1. The first-order valence-corrected chi connectivity index (χ1v) is 8.65. The fourth-order valence-corrected chi connectivity index (χ4v) is 3.79. The lowest BCUT2D eigenvalue weighted by Crippen LogP contribution is -2.02. The topological polar surface area (TPSA) is 17.8 Å². The number of benzene rings is 2. The van der Waals surface area contributed by atoms with Crippen LogP contribution in [0.5, 0.6) is 0 Å². The second-order valence-electron chi connectivity index (χ2n) is 4.65. The number of halogens is 4. The van der Waals surface area contributed by atoms with Gasteiger partial charge in [-0.2, -0.15) is 0 Å². The lowest BCUT2D eigenvalue weighted by molar-refractivity contribution is 0.880. The zero-order valence-electron chi connectivity index (χ0n) is 10.9. The minimum Gasteiger partial charge on any atom is -0.294 e. The number of hydrogen-bond acceptors (Lipinski definition) is 1. The number of fused-ring (bicyclic) bond motifs is 1. The van der Waals surface area contributed by atoms with Crippen LogP contribution in [0.1, 0.15) is 18.1 Å². The molecule has 1 heterocycles. The van der Waals surface area contributed by atoms with Crippen LogP contribution in [0.4, 0.5) is 0 Å². The van der Waals surface area contributed by atoms with E-state index in [9.17, 15) is 0 Å². The van der Waals surface area contributed by atoms with Crippen LogP contribution in [0.15, 0.2) is 45.3 Å². The minimum atomic E-state index is -0.216. The van der Waals surface area contributed by atoms with Gasteiger partial charge in [0.2, 0.25) is 0 Å². The molecule has 2 aromatic carbocycles.